The van der Waals surface area contributed by atoms with Gasteiger partial charge in [0.2, 0.25) is 0 Å². The highest BCUT2D eigenvalue weighted by atomic mass is 16.5. The number of benzene rings is 2. The lowest BCUT2D eigenvalue weighted by molar-refractivity contribution is -0.00578. The highest BCUT2D eigenvalue weighted by molar-refractivity contribution is 5.61. The predicted molar refractivity (Wildman–Crippen MR) is 109 cm³/mol. The molecule has 2 N–H and O–H groups in total. The molecule has 3 nitrogen and oxygen atoms in total. The molecule has 2 aromatic carbocycles. The summed E-state index contributed by atoms with van der Waals surface area (Å²) in [5, 5.41) is 6.81. The molecule has 0 atom stereocenters. The standard InChI is InChI=1S/C23H26N2O/c1-18(7-6-12-24-22-8-4-3-5-9-22)13-21-14-20(11-10-19(21)2)15-25-23-16-26-17-23/h3-5,8-11,13-14,23-25H,12,15-17H2,1-2H3/b18-13+. The van der Waals surface area contributed by atoms with Crippen molar-refractivity contribution >= 4 is 11.8 Å². The van der Waals surface area contributed by atoms with Crippen LogP contribution in [0.25, 0.3) is 6.08 Å². The van der Waals surface area contributed by atoms with E-state index in [1.807, 2.05) is 30.3 Å². The zero-order chi connectivity index (χ0) is 18.2. The fraction of sp³-hybridized carbons (Fsp3) is 0.304. The first-order valence-corrected chi connectivity index (χ1v) is 9.07. The Morgan fingerprint density at radius 3 is 2.73 bits per heavy atom. The van der Waals surface area contributed by atoms with E-state index in [1.165, 1.54) is 16.7 Å². The van der Waals surface area contributed by atoms with Crippen LogP contribution in [-0.2, 0) is 11.3 Å². The molecule has 0 aromatic heterocycles. The molecule has 26 heavy (non-hydrogen) atoms. The Balaban J connectivity index is 1.57. The summed E-state index contributed by atoms with van der Waals surface area (Å²) in [6.45, 7) is 7.36. The zero-order valence-electron chi connectivity index (χ0n) is 15.5. The Morgan fingerprint density at radius 1 is 1.19 bits per heavy atom. The van der Waals surface area contributed by atoms with Gasteiger partial charge >= 0.3 is 0 Å². The van der Waals surface area contributed by atoms with Crippen molar-refractivity contribution in [2.75, 3.05) is 25.1 Å². The Bertz CT molecular complexity index is 811. The van der Waals surface area contributed by atoms with Crippen LogP contribution in [0.4, 0.5) is 5.69 Å². The van der Waals surface area contributed by atoms with Crippen LogP contribution in [0, 0.1) is 18.8 Å². The summed E-state index contributed by atoms with van der Waals surface area (Å²) in [7, 11) is 0. The van der Waals surface area contributed by atoms with Crippen molar-refractivity contribution in [3.05, 3.63) is 70.8 Å². The van der Waals surface area contributed by atoms with Gasteiger partial charge in [0, 0.05) is 12.2 Å². The van der Waals surface area contributed by atoms with E-state index in [2.05, 4.69) is 60.6 Å². The molecule has 0 unspecified atom stereocenters. The van der Waals surface area contributed by atoms with E-state index in [0.29, 0.717) is 12.6 Å². The third-order valence-corrected chi connectivity index (χ3v) is 4.39. The molecule has 1 heterocycles. The lowest BCUT2D eigenvalue weighted by Gasteiger charge is -2.27. The van der Waals surface area contributed by atoms with Crippen LogP contribution in [-0.4, -0.2) is 25.8 Å². The number of allylic oxidation sites excluding steroid dienone is 1. The maximum Gasteiger partial charge on any atom is 0.0769 e. The molecule has 0 aliphatic carbocycles. The van der Waals surface area contributed by atoms with Crippen molar-refractivity contribution in [2.45, 2.75) is 26.4 Å². The van der Waals surface area contributed by atoms with Crippen LogP contribution < -0.4 is 10.6 Å². The third kappa shape index (κ3) is 5.49. The molecule has 3 heteroatoms. The van der Waals surface area contributed by atoms with Crippen LogP contribution in [0.15, 0.2) is 54.1 Å². The Kier molecular flexibility index (Phi) is 6.49. The van der Waals surface area contributed by atoms with E-state index in [0.717, 1.165) is 31.0 Å². The average Bonchev–Trinajstić information content (AvgIpc) is 2.61. The molecule has 1 aliphatic rings. The molecule has 1 saturated heterocycles. The van der Waals surface area contributed by atoms with Crippen LogP contribution in [0.2, 0.25) is 0 Å². The molecule has 0 saturated carbocycles. The number of hydrogen-bond acceptors (Lipinski definition) is 3. The largest absolute Gasteiger partial charge is 0.378 e. The lowest BCUT2D eigenvalue weighted by atomic mass is 10.0. The quantitative estimate of drug-likeness (QED) is 0.776. The van der Waals surface area contributed by atoms with Crippen LogP contribution in [0.3, 0.4) is 0 Å². The number of hydrogen-bond donors (Lipinski definition) is 2. The smallest absolute Gasteiger partial charge is 0.0769 e. The maximum absolute atomic E-state index is 5.20. The first-order valence-electron chi connectivity index (χ1n) is 9.07. The summed E-state index contributed by atoms with van der Waals surface area (Å²) in [5.41, 5.74) is 5.96. The Morgan fingerprint density at radius 2 is 2.00 bits per heavy atom. The highest BCUT2D eigenvalue weighted by Gasteiger charge is 2.16. The van der Waals surface area contributed by atoms with Crippen molar-refractivity contribution in [3.8, 4) is 11.8 Å². The van der Waals surface area contributed by atoms with Crippen molar-refractivity contribution in [1.29, 1.82) is 0 Å². The molecule has 0 spiro atoms. The second kappa shape index (κ2) is 9.24. The summed E-state index contributed by atoms with van der Waals surface area (Å²) in [6.07, 6.45) is 2.17. The van der Waals surface area contributed by atoms with E-state index in [-0.39, 0.29) is 0 Å². The molecule has 0 amide bonds. The van der Waals surface area contributed by atoms with Gasteiger partial charge in [-0.1, -0.05) is 48.2 Å². The van der Waals surface area contributed by atoms with Gasteiger partial charge in [-0.2, -0.15) is 0 Å². The van der Waals surface area contributed by atoms with E-state index in [1.54, 1.807) is 0 Å². The van der Waals surface area contributed by atoms with E-state index in [9.17, 15) is 0 Å². The molecule has 0 radical (unpaired) electrons. The summed E-state index contributed by atoms with van der Waals surface area (Å²) in [4.78, 5) is 0. The number of para-hydroxylation sites is 1. The molecular formula is C23H26N2O. The van der Waals surface area contributed by atoms with Gasteiger partial charge in [-0.05, 0) is 54.3 Å². The Labute approximate surface area is 156 Å². The maximum atomic E-state index is 5.20. The zero-order valence-corrected chi connectivity index (χ0v) is 15.5. The van der Waals surface area contributed by atoms with Crippen LogP contribution in [0.5, 0.6) is 0 Å². The molecule has 134 valence electrons. The first kappa shape index (κ1) is 18.3. The van der Waals surface area contributed by atoms with E-state index < -0.39 is 0 Å². The fourth-order valence-electron chi connectivity index (χ4n) is 2.73. The van der Waals surface area contributed by atoms with Gasteiger partial charge in [-0.25, -0.2) is 0 Å². The highest BCUT2D eigenvalue weighted by Crippen LogP contribution is 2.15. The van der Waals surface area contributed by atoms with Crippen LogP contribution >= 0.6 is 0 Å². The third-order valence-electron chi connectivity index (χ3n) is 4.39. The lowest BCUT2D eigenvalue weighted by Crippen LogP contribution is -2.45. The van der Waals surface area contributed by atoms with Crippen molar-refractivity contribution < 1.29 is 4.74 Å². The number of nitrogens with one attached hydrogen (secondary N) is 2. The van der Waals surface area contributed by atoms with Gasteiger partial charge in [0.15, 0.2) is 0 Å². The van der Waals surface area contributed by atoms with Crippen LogP contribution in [0.1, 0.15) is 23.6 Å². The first-order chi connectivity index (χ1) is 12.7. The van der Waals surface area contributed by atoms with Gasteiger partial charge in [0.1, 0.15) is 0 Å². The van der Waals surface area contributed by atoms with Gasteiger partial charge in [0.05, 0.1) is 25.8 Å². The normalized spacial score (nSPS) is 14.3. The van der Waals surface area contributed by atoms with Gasteiger partial charge < -0.3 is 15.4 Å². The fourth-order valence-corrected chi connectivity index (χ4v) is 2.73. The number of anilines is 1. The molecule has 1 fully saturated rings. The predicted octanol–water partition coefficient (Wildman–Crippen LogP) is 4.00. The summed E-state index contributed by atoms with van der Waals surface area (Å²) < 4.78 is 5.20. The number of ether oxygens (including phenoxy) is 1. The minimum absolute atomic E-state index is 0.500. The molecule has 0 bridgehead atoms. The van der Waals surface area contributed by atoms with Crippen molar-refractivity contribution in [1.82, 2.24) is 5.32 Å². The van der Waals surface area contributed by atoms with Crippen molar-refractivity contribution in [3.63, 3.8) is 0 Å². The second-order valence-corrected chi connectivity index (χ2v) is 6.65. The molecule has 2 aromatic rings. The van der Waals surface area contributed by atoms with Gasteiger partial charge in [-0.15, -0.1) is 0 Å². The van der Waals surface area contributed by atoms with E-state index >= 15 is 0 Å². The molecular weight excluding hydrogens is 320 g/mol. The summed E-state index contributed by atoms with van der Waals surface area (Å²) in [5.74, 6) is 6.42. The SMILES string of the molecule is C/C(C#CCNc1ccccc1)=C\c1cc(CNC2COC2)ccc1C. The summed E-state index contributed by atoms with van der Waals surface area (Å²) in [6, 6.07) is 17.2. The Hall–Kier alpha value is -2.54. The molecule has 1 aliphatic heterocycles. The number of aryl methyl sites for hydroxylation is 1. The van der Waals surface area contributed by atoms with Gasteiger partial charge in [0.25, 0.3) is 0 Å². The average molecular weight is 346 g/mol. The monoisotopic (exact) mass is 346 g/mol. The minimum atomic E-state index is 0.500. The summed E-state index contributed by atoms with van der Waals surface area (Å²) >= 11 is 0. The van der Waals surface area contributed by atoms with Gasteiger partial charge in [-0.3, -0.25) is 0 Å². The van der Waals surface area contributed by atoms with E-state index in [4.69, 9.17) is 4.74 Å². The number of rotatable bonds is 6. The molecule has 3 rings (SSSR count). The van der Waals surface area contributed by atoms with Crippen molar-refractivity contribution in [2.24, 2.45) is 0 Å². The minimum Gasteiger partial charge on any atom is -0.378 e. The topological polar surface area (TPSA) is 33.3 Å². The second-order valence-electron chi connectivity index (χ2n) is 6.65.